The lowest BCUT2D eigenvalue weighted by Gasteiger charge is -2.30. The van der Waals surface area contributed by atoms with Crippen molar-refractivity contribution >= 4 is 0 Å². The maximum absolute atomic E-state index is 5.53. The minimum absolute atomic E-state index is 0.767. The number of fused-ring (bicyclic) bond motifs is 1. The predicted octanol–water partition coefficient (Wildman–Crippen LogP) is 3.80. The number of H-pyrrole nitrogens is 1. The van der Waals surface area contributed by atoms with Crippen molar-refractivity contribution in [3.63, 3.8) is 0 Å². The summed E-state index contributed by atoms with van der Waals surface area (Å²) in [6.07, 6.45) is 8.74. The van der Waals surface area contributed by atoms with Crippen molar-refractivity contribution in [1.29, 1.82) is 0 Å². The molecule has 140 valence electrons. The molecule has 0 radical (unpaired) electrons. The lowest BCUT2D eigenvalue weighted by molar-refractivity contribution is 0.331. The van der Waals surface area contributed by atoms with Crippen LogP contribution in [-0.4, -0.2) is 35.8 Å². The highest BCUT2D eigenvalue weighted by Crippen LogP contribution is 2.34. The molecule has 0 fully saturated rings. The van der Waals surface area contributed by atoms with E-state index in [-0.39, 0.29) is 0 Å². The second kappa shape index (κ2) is 8.45. The Morgan fingerprint density at radius 2 is 2.19 bits per heavy atom. The maximum Gasteiger partial charge on any atom is 0.128 e. The van der Waals surface area contributed by atoms with Gasteiger partial charge in [0.2, 0.25) is 0 Å². The van der Waals surface area contributed by atoms with Crippen LogP contribution >= 0.6 is 0 Å². The molecule has 0 saturated carbocycles. The summed E-state index contributed by atoms with van der Waals surface area (Å²) in [5.41, 5.74) is 6.30. The average molecular weight is 362 g/mol. The lowest BCUT2D eigenvalue weighted by atomic mass is 9.99. The molecule has 0 saturated heterocycles. The van der Waals surface area contributed by atoms with Gasteiger partial charge in [-0.1, -0.05) is 37.4 Å². The first-order chi connectivity index (χ1) is 13.2. The van der Waals surface area contributed by atoms with Crippen LogP contribution in [0.4, 0.5) is 0 Å². The van der Waals surface area contributed by atoms with Crippen molar-refractivity contribution in [2.24, 2.45) is 0 Å². The first-order valence-electron chi connectivity index (χ1n) is 8.99. The lowest BCUT2D eigenvalue weighted by Crippen LogP contribution is -2.29. The molecule has 2 heterocycles. The van der Waals surface area contributed by atoms with Crippen LogP contribution in [0.1, 0.15) is 11.3 Å². The van der Waals surface area contributed by atoms with Gasteiger partial charge in [-0.25, -0.2) is 0 Å². The van der Waals surface area contributed by atoms with Crippen molar-refractivity contribution in [3.05, 3.63) is 84.4 Å². The number of nitrogens with one attached hydrogen (secondary N) is 2. The molecule has 5 heteroatoms. The fraction of sp³-hybridized carbons (Fsp3) is 0.227. The minimum Gasteiger partial charge on any atom is -0.496 e. The second-order valence-electron chi connectivity index (χ2n) is 6.34. The molecule has 0 amide bonds. The van der Waals surface area contributed by atoms with E-state index in [0.717, 1.165) is 47.9 Å². The highest BCUT2D eigenvalue weighted by atomic mass is 16.5. The number of likely N-dealkylation sites (N-methyl/N-ethyl adjacent to an activating group) is 1. The van der Waals surface area contributed by atoms with Crippen molar-refractivity contribution in [2.45, 2.75) is 13.0 Å². The molecule has 1 aromatic carbocycles. The van der Waals surface area contributed by atoms with Gasteiger partial charge in [-0.2, -0.15) is 5.10 Å². The predicted molar refractivity (Wildman–Crippen MR) is 110 cm³/mol. The molecule has 3 rings (SSSR count). The molecule has 1 aromatic heterocycles. The van der Waals surface area contributed by atoms with E-state index < -0.39 is 0 Å². The molecule has 0 aliphatic carbocycles. The molecular formula is C22H26N4O. The van der Waals surface area contributed by atoms with Crippen LogP contribution in [0.3, 0.4) is 0 Å². The van der Waals surface area contributed by atoms with Crippen LogP contribution in [0.5, 0.6) is 5.75 Å². The fourth-order valence-corrected chi connectivity index (χ4v) is 3.24. The summed E-state index contributed by atoms with van der Waals surface area (Å²) in [5, 5.41) is 10.9. The molecular weight excluding hydrogens is 336 g/mol. The van der Waals surface area contributed by atoms with Crippen LogP contribution in [0.2, 0.25) is 0 Å². The molecule has 0 bridgehead atoms. The number of hydrogen-bond donors (Lipinski definition) is 2. The molecule has 1 aliphatic heterocycles. The molecule has 2 aromatic rings. The van der Waals surface area contributed by atoms with Gasteiger partial charge in [-0.15, -0.1) is 0 Å². The quantitative estimate of drug-likeness (QED) is 0.736. The number of aromatic nitrogens is 2. The van der Waals surface area contributed by atoms with E-state index in [1.54, 1.807) is 13.2 Å². The Kier molecular flexibility index (Phi) is 5.81. The first kappa shape index (κ1) is 18.6. The third kappa shape index (κ3) is 3.97. The summed E-state index contributed by atoms with van der Waals surface area (Å²) in [4.78, 5) is 2.33. The van der Waals surface area contributed by atoms with Crippen LogP contribution in [-0.2, 0) is 13.0 Å². The van der Waals surface area contributed by atoms with E-state index in [9.17, 15) is 0 Å². The zero-order valence-electron chi connectivity index (χ0n) is 16.0. The van der Waals surface area contributed by atoms with Gasteiger partial charge in [0.1, 0.15) is 11.4 Å². The number of para-hydroxylation sites is 1. The van der Waals surface area contributed by atoms with Crippen molar-refractivity contribution < 1.29 is 4.74 Å². The first-order valence-corrected chi connectivity index (χ1v) is 8.99. The number of rotatable bonds is 7. The summed E-state index contributed by atoms with van der Waals surface area (Å²) in [5.74, 6) is 0.829. The minimum atomic E-state index is 0.767. The van der Waals surface area contributed by atoms with E-state index >= 15 is 0 Å². The number of ether oxygens (including phenoxy) is 1. The van der Waals surface area contributed by atoms with E-state index in [1.165, 1.54) is 11.3 Å². The van der Waals surface area contributed by atoms with Gasteiger partial charge in [0.15, 0.2) is 0 Å². The summed E-state index contributed by atoms with van der Waals surface area (Å²) in [7, 11) is 3.56. The highest BCUT2D eigenvalue weighted by Gasteiger charge is 2.24. The maximum atomic E-state index is 5.53. The van der Waals surface area contributed by atoms with E-state index in [4.69, 9.17) is 4.74 Å². The Morgan fingerprint density at radius 3 is 2.93 bits per heavy atom. The average Bonchev–Trinajstić information content (AvgIpc) is 3.13. The summed E-state index contributed by atoms with van der Waals surface area (Å²) in [6, 6.07) is 7.99. The number of methoxy groups -OCH3 is 1. The van der Waals surface area contributed by atoms with Crippen LogP contribution in [0.15, 0.2) is 73.1 Å². The van der Waals surface area contributed by atoms with E-state index in [0.29, 0.717) is 0 Å². The summed E-state index contributed by atoms with van der Waals surface area (Å²) < 4.78 is 5.53. The molecule has 0 spiro atoms. The van der Waals surface area contributed by atoms with Crippen molar-refractivity contribution in [3.8, 4) is 17.0 Å². The smallest absolute Gasteiger partial charge is 0.128 e. The third-order valence-electron chi connectivity index (χ3n) is 4.71. The number of allylic oxidation sites excluding steroid dienone is 4. The van der Waals surface area contributed by atoms with E-state index in [1.807, 2.05) is 43.5 Å². The Hall–Kier alpha value is -3.21. The van der Waals surface area contributed by atoms with Gasteiger partial charge in [0.05, 0.1) is 7.11 Å². The van der Waals surface area contributed by atoms with Gasteiger partial charge in [-0.3, -0.25) is 5.10 Å². The fourth-order valence-electron chi connectivity index (χ4n) is 3.24. The van der Waals surface area contributed by atoms with Crippen molar-refractivity contribution in [2.75, 3.05) is 20.7 Å². The Morgan fingerprint density at radius 1 is 1.37 bits per heavy atom. The number of aromatic amines is 1. The SMILES string of the molecule is C=C/C=C\C(=C/C(=C)NC)N1CCc2[nH]nc(-c3ccccc3OC)c2C1. The molecule has 5 nitrogen and oxygen atoms in total. The largest absolute Gasteiger partial charge is 0.496 e. The van der Waals surface area contributed by atoms with Crippen molar-refractivity contribution in [1.82, 2.24) is 20.4 Å². The topological polar surface area (TPSA) is 53.2 Å². The summed E-state index contributed by atoms with van der Waals surface area (Å²) in [6.45, 7) is 9.48. The number of benzene rings is 1. The van der Waals surface area contributed by atoms with Gasteiger partial charge in [-0.05, 0) is 24.3 Å². The molecule has 0 atom stereocenters. The standard InChI is InChI=1S/C22H26N4O/c1-5-6-9-17(14-16(2)23-3)26-13-12-20-19(15-26)22(25-24-20)18-10-7-8-11-21(18)27-4/h5-11,14,23H,1-2,12-13,15H2,3-4H3,(H,24,25)/b9-6-,17-14+. The Labute approximate surface area is 160 Å². The zero-order chi connectivity index (χ0) is 19.2. The van der Waals surface area contributed by atoms with E-state index in [2.05, 4.69) is 39.6 Å². The normalized spacial score (nSPS) is 14.1. The molecule has 1 aliphatic rings. The van der Waals surface area contributed by atoms with Gasteiger partial charge in [0, 0.05) is 54.8 Å². The van der Waals surface area contributed by atoms with Crippen LogP contribution in [0, 0.1) is 0 Å². The third-order valence-corrected chi connectivity index (χ3v) is 4.71. The molecule has 2 N–H and O–H groups in total. The van der Waals surface area contributed by atoms with Gasteiger partial charge >= 0.3 is 0 Å². The monoisotopic (exact) mass is 362 g/mol. The van der Waals surface area contributed by atoms with Gasteiger partial charge < -0.3 is 15.0 Å². The Balaban J connectivity index is 1.96. The Bertz CT molecular complexity index is 891. The van der Waals surface area contributed by atoms with Crippen LogP contribution in [0.25, 0.3) is 11.3 Å². The molecule has 27 heavy (non-hydrogen) atoms. The zero-order valence-corrected chi connectivity index (χ0v) is 16.0. The number of hydrogen-bond acceptors (Lipinski definition) is 4. The van der Waals surface area contributed by atoms with Crippen LogP contribution < -0.4 is 10.1 Å². The number of nitrogens with zero attached hydrogens (tertiary/aromatic N) is 2. The summed E-state index contributed by atoms with van der Waals surface area (Å²) >= 11 is 0. The van der Waals surface area contributed by atoms with Gasteiger partial charge in [0.25, 0.3) is 0 Å². The second-order valence-corrected chi connectivity index (χ2v) is 6.34. The highest BCUT2D eigenvalue weighted by molar-refractivity contribution is 5.71. The molecule has 0 unspecified atom stereocenters.